The Morgan fingerprint density at radius 1 is 1.64 bits per heavy atom. The average molecular weight is 202 g/mol. The zero-order valence-electron chi connectivity index (χ0n) is 7.73. The van der Waals surface area contributed by atoms with Crippen molar-refractivity contribution in [3.05, 3.63) is 0 Å². The normalized spacial score (nSPS) is 40.6. The molecule has 1 saturated carbocycles. The third-order valence-electron chi connectivity index (χ3n) is 2.71. The second kappa shape index (κ2) is 3.22. The molecule has 0 amide bonds. The molecule has 0 radical (unpaired) electrons. The molecular weight excluding hydrogens is 191 g/mol. The number of ether oxygens (including phenoxy) is 2. The van der Waals surface area contributed by atoms with Crippen LogP contribution in [0.4, 0.5) is 4.39 Å². The predicted molar refractivity (Wildman–Crippen MR) is 43.1 cm³/mol. The van der Waals surface area contributed by atoms with E-state index in [0.29, 0.717) is 0 Å². The minimum absolute atomic E-state index is 0.00954. The van der Waals surface area contributed by atoms with Gasteiger partial charge in [-0.3, -0.25) is 9.59 Å². The number of carbonyl (C=O) groups excluding carboxylic acids is 2. The van der Waals surface area contributed by atoms with Crippen LogP contribution < -0.4 is 0 Å². The zero-order chi connectivity index (χ0) is 10.3. The van der Waals surface area contributed by atoms with E-state index in [0.717, 1.165) is 0 Å². The first-order valence-electron chi connectivity index (χ1n) is 4.58. The van der Waals surface area contributed by atoms with Crippen LogP contribution in [0, 0.1) is 5.92 Å². The Hall–Kier alpha value is -1.13. The van der Waals surface area contributed by atoms with Crippen LogP contribution in [0.1, 0.15) is 19.8 Å². The van der Waals surface area contributed by atoms with Gasteiger partial charge in [0.25, 0.3) is 0 Å². The summed E-state index contributed by atoms with van der Waals surface area (Å²) >= 11 is 0. The standard InChI is InChI=1S/C9H11FO4/c1-4(11)13-6-3-7-9(10)5(6)2-8(12)14-7/h5-7,9H,2-3H2,1H3/t5-,6-,7+,9+/m1/s1. The van der Waals surface area contributed by atoms with E-state index in [1.165, 1.54) is 6.92 Å². The van der Waals surface area contributed by atoms with Crippen molar-refractivity contribution in [2.75, 3.05) is 0 Å². The summed E-state index contributed by atoms with van der Waals surface area (Å²) in [5.41, 5.74) is 0. The molecule has 2 bridgehead atoms. The van der Waals surface area contributed by atoms with E-state index < -0.39 is 36.2 Å². The van der Waals surface area contributed by atoms with Crippen molar-refractivity contribution in [1.29, 1.82) is 0 Å². The van der Waals surface area contributed by atoms with E-state index in [4.69, 9.17) is 9.47 Å². The fourth-order valence-corrected chi connectivity index (χ4v) is 2.13. The maximum atomic E-state index is 13.4. The molecule has 78 valence electrons. The van der Waals surface area contributed by atoms with E-state index in [1.807, 2.05) is 0 Å². The topological polar surface area (TPSA) is 52.6 Å². The van der Waals surface area contributed by atoms with Crippen molar-refractivity contribution >= 4 is 11.9 Å². The first-order valence-corrected chi connectivity index (χ1v) is 4.58. The van der Waals surface area contributed by atoms with Gasteiger partial charge in [-0.15, -0.1) is 0 Å². The van der Waals surface area contributed by atoms with Crippen molar-refractivity contribution < 1.29 is 23.5 Å². The smallest absolute Gasteiger partial charge is 0.306 e. The van der Waals surface area contributed by atoms with Crippen LogP contribution in [0.3, 0.4) is 0 Å². The molecule has 0 aromatic heterocycles. The minimum Gasteiger partial charge on any atom is -0.462 e. The van der Waals surface area contributed by atoms with Crippen LogP contribution in [0.5, 0.6) is 0 Å². The quantitative estimate of drug-likeness (QED) is 0.584. The lowest BCUT2D eigenvalue weighted by Crippen LogP contribution is -2.35. The molecule has 2 aliphatic rings. The molecule has 0 unspecified atom stereocenters. The van der Waals surface area contributed by atoms with Crippen LogP contribution in [-0.4, -0.2) is 30.3 Å². The summed E-state index contributed by atoms with van der Waals surface area (Å²) in [6, 6.07) is 0. The third kappa shape index (κ3) is 1.47. The molecule has 1 aliphatic heterocycles. The van der Waals surface area contributed by atoms with E-state index in [-0.39, 0.29) is 12.8 Å². The average Bonchev–Trinajstić information content (AvgIpc) is 2.30. The lowest BCUT2D eigenvalue weighted by Gasteiger charge is -2.23. The molecule has 4 atom stereocenters. The molecule has 0 aromatic rings. The van der Waals surface area contributed by atoms with Gasteiger partial charge in [-0.25, -0.2) is 4.39 Å². The van der Waals surface area contributed by atoms with Crippen molar-refractivity contribution in [2.24, 2.45) is 5.92 Å². The highest BCUT2D eigenvalue weighted by Gasteiger charge is 2.52. The van der Waals surface area contributed by atoms with E-state index >= 15 is 0 Å². The molecule has 5 heteroatoms. The highest BCUT2D eigenvalue weighted by Crippen LogP contribution is 2.39. The molecule has 4 nitrogen and oxygen atoms in total. The first-order chi connectivity index (χ1) is 6.58. The minimum atomic E-state index is -1.18. The number of carbonyl (C=O) groups is 2. The van der Waals surface area contributed by atoms with E-state index in [1.54, 1.807) is 0 Å². The van der Waals surface area contributed by atoms with Crippen molar-refractivity contribution in [2.45, 2.75) is 38.1 Å². The SMILES string of the molecule is CC(=O)O[C@@H]1C[C@@H]2OC(=O)C[C@H]1[C@@H]2F. The molecule has 1 heterocycles. The van der Waals surface area contributed by atoms with Crippen molar-refractivity contribution in [3.63, 3.8) is 0 Å². The Kier molecular flexibility index (Phi) is 2.17. The van der Waals surface area contributed by atoms with Gasteiger partial charge in [0.2, 0.25) is 0 Å². The number of esters is 2. The summed E-state index contributed by atoms with van der Waals surface area (Å²) in [5, 5.41) is 0. The van der Waals surface area contributed by atoms with Crippen LogP contribution in [0.15, 0.2) is 0 Å². The van der Waals surface area contributed by atoms with Gasteiger partial charge in [-0.05, 0) is 0 Å². The fraction of sp³-hybridized carbons (Fsp3) is 0.778. The summed E-state index contributed by atoms with van der Waals surface area (Å²) in [4.78, 5) is 21.7. The van der Waals surface area contributed by atoms with E-state index in [9.17, 15) is 14.0 Å². The summed E-state index contributed by atoms with van der Waals surface area (Å²) in [6.07, 6.45) is -2.10. The lowest BCUT2D eigenvalue weighted by atomic mass is 9.99. The maximum Gasteiger partial charge on any atom is 0.306 e. The molecule has 2 fully saturated rings. The molecule has 2 rings (SSSR count). The molecule has 1 aliphatic carbocycles. The van der Waals surface area contributed by atoms with Gasteiger partial charge in [-0.1, -0.05) is 0 Å². The Morgan fingerprint density at radius 2 is 2.36 bits per heavy atom. The zero-order valence-corrected chi connectivity index (χ0v) is 7.73. The summed E-state index contributed by atoms with van der Waals surface area (Å²) in [7, 11) is 0. The molecule has 14 heavy (non-hydrogen) atoms. The summed E-state index contributed by atoms with van der Waals surface area (Å²) in [5.74, 6) is -1.35. The van der Waals surface area contributed by atoms with E-state index in [2.05, 4.69) is 0 Å². The van der Waals surface area contributed by atoms with Crippen molar-refractivity contribution in [1.82, 2.24) is 0 Å². The van der Waals surface area contributed by atoms with Crippen LogP contribution in [0.25, 0.3) is 0 Å². The van der Waals surface area contributed by atoms with Gasteiger partial charge in [-0.2, -0.15) is 0 Å². The Bertz CT molecular complexity index is 278. The van der Waals surface area contributed by atoms with Gasteiger partial charge in [0.05, 0.1) is 6.42 Å². The second-order valence-electron chi connectivity index (χ2n) is 3.72. The number of halogens is 1. The molecule has 0 aromatic carbocycles. The fourth-order valence-electron chi connectivity index (χ4n) is 2.13. The largest absolute Gasteiger partial charge is 0.462 e. The Morgan fingerprint density at radius 3 is 3.00 bits per heavy atom. The molecule has 0 N–H and O–H groups in total. The van der Waals surface area contributed by atoms with Gasteiger partial charge in [0, 0.05) is 19.3 Å². The van der Waals surface area contributed by atoms with Gasteiger partial charge in [0.15, 0.2) is 0 Å². The highest BCUT2D eigenvalue weighted by atomic mass is 19.1. The molecular formula is C9H11FO4. The summed E-state index contributed by atoms with van der Waals surface area (Å²) in [6.45, 7) is 1.28. The number of hydrogen-bond acceptors (Lipinski definition) is 4. The van der Waals surface area contributed by atoms with Crippen LogP contribution in [-0.2, 0) is 19.1 Å². The van der Waals surface area contributed by atoms with Crippen molar-refractivity contribution in [3.8, 4) is 0 Å². The Balaban J connectivity index is 2.09. The third-order valence-corrected chi connectivity index (χ3v) is 2.71. The maximum absolute atomic E-state index is 13.4. The number of hydrogen-bond donors (Lipinski definition) is 0. The van der Waals surface area contributed by atoms with Gasteiger partial charge < -0.3 is 9.47 Å². The highest BCUT2D eigenvalue weighted by molar-refractivity contribution is 5.72. The molecule has 1 saturated heterocycles. The lowest BCUT2D eigenvalue weighted by molar-refractivity contribution is -0.160. The number of rotatable bonds is 1. The number of fused-ring (bicyclic) bond motifs is 2. The Labute approximate surface area is 80.4 Å². The van der Waals surface area contributed by atoms with Crippen LogP contribution >= 0.6 is 0 Å². The van der Waals surface area contributed by atoms with Gasteiger partial charge >= 0.3 is 11.9 Å². The van der Waals surface area contributed by atoms with Gasteiger partial charge in [0.1, 0.15) is 18.4 Å². The number of alkyl halides is 1. The summed E-state index contributed by atoms with van der Waals surface area (Å²) < 4.78 is 23.2. The monoisotopic (exact) mass is 202 g/mol. The van der Waals surface area contributed by atoms with Crippen LogP contribution in [0.2, 0.25) is 0 Å². The molecule has 0 spiro atoms. The predicted octanol–water partition coefficient (Wildman–Crippen LogP) is 0.592. The second-order valence-corrected chi connectivity index (χ2v) is 3.72. The first kappa shape index (κ1) is 9.43.